The second-order valence-electron chi connectivity index (χ2n) is 5.30. The Balaban J connectivity index is 2.16. The van der Waals surface area contributed by atoms with Crippen molar-refractivity contribution in [2.24, 2.45) is 5.73 Å². The zero-order valence-electron chi connectivity index (χ0n) is 11.6. The summed E-state index contributed by atoms with van der Waals surface area (Å²) in [5, 5.41) is 0.216. The molecule has 4 nitrogen and oxygen atoms in total. The molecular formula is C15H18ClFN2O2. The second-order valence-corrected chi connectivity index (χ2v) is 5.71. The van der Waals surface area contributed by atoms with E-state index in [1.165, 1.54) is 17.0 Å². The standard InChI is InChI=1S/C15H18ClFN2O2/c16-12-6-3-7-13(17)11(12)8-15(21)19(9-14(18)20)10-4-1-2-5-10/h3,6-7,10H,1-2,4-5,8-9H2,(H2,18,20). The SMILES string of the molecule is NC(=O)CN(C(=O)Cc1c(F)cccc1Cl)C1CCCC1. The Hall–Kier alpha value is -1.62. The van der Waals surface area contributed by atoms with Crippen LogP contribution in [0.1, 0.15) is 31.2 Å². The normalized spacial score (nSPS) is 15.1. The topological polar surface area (TPSA) is 63.4 Å². The lowest BCUT2D eigenvalue weighted by molar-refractivity contribution is -0.136. The molecule has 0 aromatic heterocycles. The number of hydrogen-bond acceptors (Lipinski definition) is 2. The van der Waals surface area contributed by atoms with Gasteiger partial charge in [0.05, 0.1) is 13.0 Å². The molecule has 1 aromatic carbocycles. The van der Waals surface area contributed by atoms with Gasteiger partial charge in [0.2, 0.25) is 11.8 Å². The third-order valence-electron chi connectivity index (χ3n) is 3.80. The fourth-order valence-corrected chi connectivity index (χ4v) is 2.99. The molecule has 0 heterocycles. The summed E-state index contributed by atoms with van der Waals surface area (Å²) < 4.78 is 13.8. The molecule has 2 N–H and O–H groups in total. The molecule has 1 fully saturated rings. The van der Waals surface area contributed by atoms with E-state index in [0.29, 0.717) is 0 Å². The molecule has 1 saturated carbocycles. The van der Waals surface area contributed by atoms with Crippen LogP contribution in [0.2, 0.25) is 5.02 Å². The summed E-state index contributed by atoms with van der Waals surface area (Å²) in [6.07, 6.45) is 3.59. The molecule has 1 aromatic rings. The van der Waals surface area contributed by atoms with Crippen LogP contribution in [-0.4, -0.2) is 29.3 Å². The molecule has 0 bridgehead atoms. The number of amides is 2. The van der Waals surface area contributed by atoms with Gasteiger partial charge in [-0.3, -0.25) is 9.59 Å². The van der Waals surface area contributed by atoms with Crippen LogP contribution >= 0.6 is 11.6 Å². The van der Waals surface area contributed by atoms with Crippen molar-refractivity contribution in [1.29, 1.82) is 0 Å². The van der Waals surface area contributed by atoms with Crippen molar-refractivity contribution in [2.75, 3.05) is 6.54 Å². The van der Waals surface area contributed by atoms with Gasteiger partial charge in [-0.1, -0.05) is 30.5 Å². The summed E-state index contributed by atoms with van der Waals surface area (Å²) in [4.78, 5) is 25.1. The minimum atomic E-state index is -0.560. The molecule has 1 aliphatic carbocycles. The van der Waals surface area contributed by atoms with E-state index in [1.807, 2.05) is 0 Å². The van der Waals surface area contributed by atoms with E-state index in [1.54, 1.807) is 6.07 Å². The first-order valence-electron chi connectivity index (χ1n) is 6.99. The molecule has 6 heteroatoms. The first-order valence-corrected chi connectivity index (χ1v) is 7.37. The molecule has 0 aliphatic heterocycles. The summed E-state index contributed by atoms with van der Waals surface area (Å²) in [5.74, 6) is -1.39. The molecule has 1 aliphatic rings. The van der Waals surface area contributed by atoms with Crippen LogP contribution in [0.5, 0.6) is 0 Å². The Bertz CT molecular complexity index is 524. The Kier molecular flexibility index (Phi) is 5.17. The van der Waals surface area contributed by atoms with Crippen molar-refractivity contribution in [1.82, 2.24) is 4.90 Å². The summed E-state index contributed by atoms with van der Waals surface area (Å²) in [5.41, 5.74) is 5.38. The first kappa shape index (κ1) is 15.8. The van der Waals surface area contributed by atoms with Gasteiger partial charge in [0.15, 0.2) is 0 Å². The zero-order chi connectivity index (χ0) is 15.4. The highest BCUT2D eigenvalue weighted by Gasteiger charge is 2.28. The summed E-state index contributed by atoms with van der Waals surface area (Å²) >= 11 is 5.94. The lowest BCUT2D eigenvalue weighted by atomic mass is 10.1. The number of nitrogens with zero attached hydrogens (tertiary/aromatic N) is 1. The van der Waals surface area contributed by atoms with E-state index < -0.39 is 11.7 Å². The van der Waals surface area contributed by atoms with Crippen LogP contribution in [0, 0.1) is 5.82 Å². The van der Waals surface area contributed by atoms with Gasteiger partial charge in [-0.2, -0.15) is 0 Å². The first-order chi connectivity index (χ1) is 9.99. The van der Waals surface area contributed by atoms with Crippen LogP contribution in [0.3, 0.4) is 0 Å². The van der Waals surface area contributed by atoms with Gasteiger partial charge in [0.25, 0.3) is 0 Å². The van der Waals surface area contributed by atoms with Gasteiger partial charge < -0.3 is 10.6 Å². The average Bonchev–Trinajstić information content (AvgIpc) is 2.93. The fourth-order valence-electron chi connectivity index (χ4n) is 2.76. The van der Waals surface area contributed by atoms with E-state index in [0.717, 1.165) is 25.7 Å². The molecule has 0 atom stereocenters. The van der Waals surface area contributed by atoms with Crippen molar-refractivity contribution in [3.63, 3.8) is 0 Å². The predicted molar refractivity (Wildman–Crippen MR) is 78.3 cm³/mol. The van der Waals surface area contributed by atoms with Crippen LogP contribution < -0.4 is 5.73 Å². The molecule has 0 spiro atoms. The minimum absolute atomic E-state index is 0.00977. The van der Waals surface area contributed by atoms with Gasteiger partial charge in [0.1, 0.15) is 5.82 Å². The third kappa shape index (κ3) is 3.94. The number of carbonyl (C=O) groups is 2. The number of halogens is 2. The summed E-state index contributed by atoms with van der Waals surface area (Å²) in [6, 6.07) is 4.31. The Labute approximate surface area is 128 Å². The number of carbonyl (C=O) groups excluding carboxylic acids is 2. The van der Waals surface area contributed by atoms with Gasteiger partial charge >= 0.3 is 0 Å². The smallest absolute Gasteiger partial charge is 0.237 e. The van der Waals surface area contributed by atoms with Crippen molar-refractivity contribution in [3.8, 4) is 0 Å². The molecule has 0 saturated heterocycles. The second kappa shape index (κ2) is 6.89. The van der Waals surface area contributed by atoms with Crippen molar-refractivity contribution < 1.29 is 14.0 Å². The molecule has 2 rings (SSSR count). The fraction of sp³-hybridized carbons (Fsp3) is 0.467. The van der Waals surface area contributed by atoms with E-state index in [2.05, 4.69) is 0 Å². The Morgan fingerprint density at radius 2 is 2.00 bits per heavy atom. The maximum absolute atomic E-state index is 13.8. The maximum Gasteiger partial charge on any atom is 0.237 e. The monoisotopic (exact) mass is 312 g/mol. The maximum atomic E-state index is 13.8. The molecule has 2 amide bonds. The van der Waals surface area contributed by atoms with Gasteiger partial charge in [-0.15, -0.1) is 0 Å². The van der Waals surface area contributed by atoms with E-state index in [-0.39, 0.29) is 35.5 Å². The highest BCUT2D eigenvalue weighted by Crippen LogP contribution is 2.25. The highest BCUT2D eigenvalue weighted by molar-refractivity contribution is 6.31. The summed E-state index contributed by atoms with van der Waals surface area (Å²) in [7, 11) is 0. The number of benzene rings is 1. The lowest BCUT2D eigenvalue weighted by Crippen LogP contribution is -2.45. The summed E-state index contributed by atoms with van der Waals surface area (Å²) in [6.45, 7) is -0.129. The van der Waals surface area contributed by atoms with Gasteiger partial charge in [-0.05, 0) is 25.0 Å². The molecular weight excluding hydrogens is 295 g/mol. The van der Waals surface area contributed by atoms with Crippen LogP contribution in [-0.2, 0) is 16.0 Å². The zero-order valence-corrected chi connectivity index (χ0v) is 12.4. The van der Waals surface area contributed by atoms with Crippen molar-refractivity contribution in [3.05, 3.63) is 34.6 Å². The highest BCUT2D eigenvalue weighted by atomic mass is 35.5. The van der Waals surface area contributed by atoms with Crippen molar-refractivity contribution in [2.45, 2.75) is 38.1 Å². The minimum Gasteiger partial charge on any atom is -0.368 e. The molecule has 21 heavy (non-hydrogen) atoms. The quantitative estimate of drug-likeness (QED) is 0.906. The van der Waals surface area contributed by atoms with Crippen LogP contribution in [0.15, 0.2) is 18.2 Å². The van der Waals surface area contributed by atoms with Crippen LogP contribution in [0.4, 0.5) is 4.39 Å². The number of primary amides is 1. The van der Waals surface area contributed by atoms with E-state index in [4.69, 9.17) is 17.3 Å². The Morgan fingerprint density at radius 1 is 1.33 bits per heavy atom. The number of nitrogens with two attached hydrogens (primary N) is 1. The Morgan fingerprint density at radius 3 is 2.57 bits per heavy atom. The van der Waals surface area contributed by atoms with Gasteiger partial charge in [0, 0.05) is 16.6 Å². The van der Waals surface area contributed by atoms with Gasteiger partial charge in [-0.25, -0.2) is 4.39 Å². The van der Waals surface area contributed by atoms with Crippen LogP contribution in [0.25, 0.3) is 0 Å². The largest absolute Gasteiger partial charge is 0.368 e. The van der Waals surface area contributed by atoms with E-state index in [9.17, 15) is 14.0 Å². The molecule has 0 radical (unpaired) electrons. The number of hydrogen-bond donors (Lipinski definition) is 1. The lowest BCUT2D eigenvalue weighted by Gasteiger charge is -2.28. The third-order valence-corrected chi connectivity index (χ3v) is 4.16. The molecule has 114 valence electrons. The number of rotatable bonds is 5. The average molecular weight is 313 g/mol. The van der Waals surface area contributed by atoms with E-state index >= 15 is 0 Å². The molecule has 0 unspecified atom stereocenters. The predicted octanol–water partition coefficient (Wildman–Crippen LogP) is 2.28. The van der Waals surface area contributed by atoms with Crippen molar-refractivity contribution >= 4 is 23.4 Å².